The van der Waals surface area contributed by atoms with Crippen molar-refractivity contribution in [3.8, 4) is 23.0 Å². The van der Waals surface area contributed by atoms with Gasteiger partial charge in [0.2, 0.25) is 0 Å². The molecule has 0 amide bonds. The van der Waals surface area contributed by atoms with Gasteiger partial charge in [0.25, 0.3) is 0 Å². The van der Waals surface area contributed by atoms with Crippen LogP contribution in [0.1, 0.15) is 51.7 Å². The molecule has 42 heavy (non-hydrogen) atoms. The Bertz CT molecular complexity index is 1370. The van der Waals surface area contributed by atoms with E-state index < -0.39 is 5.92 Å². The molecule has 0 saturated heterocycles. The van der Waals surface area contributed by atoms with E-state index in [1.807, 2.05) is 0 Å². The molecule has 2 aromatic carbocycles. The zero-order valence-electron chi connectivity index (χ0n) is 25.3. The van der Waals surface area contributed by atoms with Crippen LogP contribution in [0.4, 0.5) is 0 Å². The highest BCUT2D eigenvalue weighted by Crippen LogP contribution is 2.51. The maximum Gasteiger partial charge on any atom is 0.167 e. The number of benzene rings is 2. The van der Waals surface area contributed by atoms with E-state index in [9.17, 15) is 19.8 Å². The highest BCUT2D eigenvalue weighted by molar-refractivity contribution is 6.14. The molecule has 0 heterocycles. The van der Waals surface area contributed by atoms with Gasteiger partial charge >= 0.3 is 0 Å². The lowest BCUT2D eigenvalue weighted by molar-refractivity contribution is -0.130. The number of hydrogen-bond acceptors (Lipinski definition) is 6. The number of methoxy groups -OCH3 is 2. The summed E-state index contributed by atoms with van der Waals surface area (Å²) in [6, 6.07) is 9.71. The van der Waals surface area contributed by atoms with Crippen LogP contribution in [-0.4, -0.2) is 36.0 Å². The molecule has 6 nitrogen and oxygen atoms in total. The van der Waals surface area contributed by atoms with Crippen molar-refractivity contribution in [1.82, 2.24) is 0 Å². The first kappa shape index (κ1) is 30.9. The number of aromatic hydroxyl groups is 2. The van der Waals surface area contributed by atoms with Crippen molar-refractivity contribution in [3.05, 3.63) is 83.0 Å². The first-order chi connectivity index (χ1) is 20.0. The van der Waals surface area contributed by atoms with Crippen molar-refractivity contribution in [3.63, 3.8) is 0 Å². The first-order valence-corrected chi connectivity index (χ1v) is 14.5. The summed E-state index contributed by atoms with van der Waals surface area (Å²) in [4.78, 5) is 27.8. The summed E-state index contributed by atoms with van der Waals surface area (Å²) < 4.78 is 10.4. The van der Waals surface area contributed by atoms with Gasteiger partial charge in [-0.1, -0.05) is 54.5 Å². The van der Waals surface area contributed by atoms with Crippen LogP contribution in [0.3, 0.4) is 0 Å². The lowest BCUT2D eigenvalue weighted by Crippen LogP contribution is -2.43. The zero-order chi connectivity index (χ0) is 30.6. The zero-order valence-corrected chi connectivity index (χ0v) is 25.3. The summed E-state index contributed by atoms with van der Waals surface area (Å²) in [7, 11) is 2.94. The Morgan fingerprint density at radius 3 is 1.88 bits per heavy atom. The highest BCUT2D eigenvalue weighted by atomic mass is 16.5. The second kappa shape index (κ2) is 13.3. The summed E-state index contributed by atoms with van der Waals surface area (Å²) in [6.07, 6.45) is 12.8. The molecule has 0 aliphatic heterocycles. The number of carbonyl (C=O) groups excluding carboxylic acids is 2. The fourth-order valence-corrected chi connectivity index (χ4v) is 6.71. The van der Waals surface area contributed by atoms with Gasteiger partial charge in [-0.25, -0.2) is 0 Å². The SMILES string of the molecule is COc1cc(/C=C/C(=O)C(C(=O)/C=C/c2ccc(O)c(OC)c2)C2C=C(C)C3CC2C(C)CC3C=C(C)C)ccc1O. The average molecular weight is 571 g/mol. The normalized spacial score (nSPS) is 23.6. The molecule has 4 rings (SSSR count). The van der Waals surface area contributed by atoms with Gasteiger partial charge in [0.1, 0.15) is 0 Å². The number of ether oxygens (including phenoxy) is 2. The Balaban J connectivity index is 1.70. The maximum absolute atomic E-state index is 13.9. The van der Waals surface area contributed by atoms with Crippen molar-refractivity contribution < 1.29 is 29.3 Å². The molecule has 0 radical (unpaired) electrons. The van der Waals surface area contributed by atoms with Crippen LogP contribution in [0.25, 0.3) is 12.2 Å². The van der Waals surface area contributed by atoms with Crippen LogP contribution in [-0.2, 0) is 9.59 Å². The fourth-order valence-electron chi connectivity index (χ4n) is 6.71. The number of fused-ring (bicyclic) bond motifs is 2. The average Bonchev–Trinajstić information content (AvgIpc) is 2.95. The third-order valence-corrected chi connectivity index (χ3v) is 8.79. The molecule has 2 aliphatic rings. The monoisotopic (exact) mass is 570 g/mol. The van der Waals surface area contributed by atoms with Gasteiger partial charge in [-0.15, -0.1) is 0 Å². The van der Waals surface area contributed by atoms with Crippen LogP contribution in [0.5, 0.6) is 23.0 Å². The Kier molecular flexibility index (Phi) is 9.77. The standard InChI is InChI=1S/C36H42O6/c1-21(2)15-26-16-22(3)28-20-27(26)23(4)17-29(28)36(32(39)13-9-24-7-11-30(37)34(18-24)41-5)33(40)14-10-25-8-12-31(38)35(19-25)42-6/h7-15,17-19,22,26-29,36-38H,16,20H2,1-6H3/b13-9+,14-10+. The van der Waals surface area contributed by atoms with Gasteiger partial charge in [0, 0.05) is 0 Å². The summed E-state index contributed by atoms with van der Waals surface area (Å²) in [5, 5.41) is 19.9. The third kappa shape index (κ3) is 6.87. The van der Waals surface area contributed by atoms with Crippen LogP contribution in [0, 0.1) is 35.5 Å². The Morgan fingerprint density at radius 1 is 0.881 bits per heavy atom. The molecule has 222 valence electrons. The minimum atomic E-state index is -0.876. The van der Waals surface area contributed by atoms with Gasteiger partial charge in [-0.3, -0.25) is 9.59 Å². The minimum absolute atomic E-state index is 0.0140. The van der Waals surface area contributed by atoms with E-state index in [1.54, 1.807) is 36.4 Å². The second-order valence-corrected chi connectivity index (χ2v) is 11.9. The molecule has 5 unspecified atom stereocenters. The number of carbonyl (C=O) groups is 2. The number of rotatable bonds is 10. The summed E-state index contributed by atoms with van der Waals surface area (Å²) in [6.45, 7) is 8.66. The number of hydrogen-bond donors (Lipinski definition) is 2. The third-order valence-electron chi connectivity index (χ3n) is 8.79. The molecule has 0 spiro atoms. The quantitative estimate of drug-likeness (QED) is 0.175. The Labute approximate surface area is 249 Å². The van der Waals surface area contributed by atoms with Gasteiger partial charge in [-0.05, 0) is 111 Å². The molecular formula is C36H42O6. The fraction of sp³-hybridized carbons (Fsp3) is 0.389. The number of allylic oxidation sites excluding steroid dienone is 6. The van der Waals surface area contributed by atoms with E-state index >= 15 is 0 Å². The Hall–Kier alpha value is -4.06. The van der Waals surface area contributed by atoms with Gasteiger partial charge in [0.05, 0.1) is 20.1 Å². The Morgan fingerprint density at radius 2 is 1.40 bits per heavy atom. The molecule has 2 aromatic rings. The predicted octanol–water partition coefficient (Wildman–Crippen LogP) is 7.42. The summed E-state index contributed by atoms with van der Waals surface area (Å²) in [5.74, 6) is 0.489. The van der Waals surface area contributed by atoms with Crippen molar-refractivity contribution >= 4 is 23.7 Å². The van der Waals surface area contributed by atoms with Crippen molar-refractivity contribution in [1.29, 1.82) is 0 Å². The topological polar surface area (TPSA) is 93.1 Å². The molecule has 5 atom stereocenters. The van der Waals surface area contributed by atoms with E-state index in [4.69, 9.17) is 9.47 Å². The molecule has 1 saturated carbocycles. The molecule has 0 aromatic heterocycles. The van der Waals surface area contributed by atoms with E-state index in [1.165, 1.54) is 49.7 Å². The number of phenols is 2. The van der Waals surface area contributed by atoms with E-state index in [-0.39, 0.29) is 34.9 Å². The lowest BCUT2D eigenvalue weighted by Gasteiger charge is -2.47. The summed E-state index contributed by atoms with van der Waals surface area (Å²) >= 11 is 0. The van der Waals surface area contributed by atoms with Crippen LogP contribution >= 0.6 is 0 Å². The lowest BCUT2D eigenvalue weighted by atomic mass is 9.56. The first-order valence-electron chi connectivity index (χ1n) is 14.5. The van der Waals surface area contributed by atoms with E-state index in [0.717, 1.165) is 12.8 Å². The number of phenolic OH excluding ortho intramolecular Hbond substituents is 2. The van der Waals surface area contributed by atoms with E-state index in [0.29, 0.717) is 40.4 Å². The smallest absolute Gasteiger partial charge is 0.167 e. The van der Waals surface area contributed by atoms with E-state index in [2.05, 4.69) is 39.8 Å². The molecule has 2 aliphatic carbocycles. The maximum atomic E-state index is 13.9. The van der Waals surface area contributed by atoms with Gasteiger partial charge < -0.3 is 19.7 Å². The van der Waals surface area contributed by atoms with Gasteiger partial charge in [-0.2, -0.15) is 0 Å². The second-order valence-electron chi connectivity index (χ2n) is 11.9. The number of ketones is 2. The largest absolute Gasteiger partial charge is 0.504 e. The summed E-state index contributed by atoms with van der Waals surface area (Å²) in [5.41, 5.74) is 3.93. The molecule has 2 N–H and O–H groups in total. The van der Waals surface area contributed by atoms with Gasteiger partial charge in [0.15, 0.2) is 34.6 Å². The van der Waals surface area contributed by atoms with Crippen LogP contribution < -0.4 is 9.47 Å². The minimum Gasteiger partial charge on any atom is -0.504 e. The van der Waals surface area contributed by atoms with Crippen LogP contribution in [0.2, 0.25) is 0 Å². The molecule has 1 fully saturated rings. The molecular weight excluding hydrogens is 528 g/mol. The van der Waals surface area contributed by atoms with Crippen LogP contribution in [0.15, 0.2) is 71.8 Å². The predicted molar refractivity (Wildman–Crippen MR) is 166 cm³/mol. The van der Waals surface area contributed by atoms with Crippen molar-refractivity contribution in [2.75, 3.05) is 14.2 Å². The van der Waals surface area contributed by atoms with Crippen molar-refractivity contribution in [2.45, 2.75) is 40.5 Å². The molecule has 6 heteroatoms. The van der Waals surface area contributed by atoms with Crippen molar-refractivity contribution in [2.24, 2.45) is 35.5 Å². The highest BCUT2D eigenvalue weighted by Gasteiger charge is 2.46. The molecule has 2 bridgehead atoms.